The fraction of sp³-hybridized carbons (Fsp3) is 0.462. The van der Waals surface area contributed by atoms with Gasteiger partial charge in [0.1, 0.15) is 11.9 Å². The lowest BCUT2D eigenvalue weighted by atomic mass is 9.83. The van der Waals surface area contributed by atoms with Crippen LogP contribution < -0.4 is 15.5 Å². The second kappa shape index (κ2) is 10.2. The van der Waals surface area contributed by atoms with Crippen LogP contribution in [0.5, 0.6) is 0 Å². The fourth-order valence-electron chi connectivity index (χ4n) is 4.97. The highest BCUT2D eigenvalue weighted by atomic mass is 19.1. The van der Waals surface area contributed by atoms with Crippen molar-refractivity contribution in [3.63, 3.8) is 0 Å². The van der Waals surface area contributed by atoms with Gasteiger partial charge in [0.25, 0.3) is 5.91 Å². The van der Waals surface area contributed by atoms with Crippen LogP contribution in [0.15, 0.2) is 42.5 Å². The van der Waals surface area contributed by atoms with Crippen LogP contribution in [-0.4, -0.2) is 37.5 Å². The van der Waals surface area contributed by atoms with E-state index < -0.39 is 6.04 Å². The summed E-state index contributed by atoms with van der Waals surface area (Å²) in [5.41, 5.74) is 3.65. The second-order valence-electron chi connectivity index (χ2n) is 9.02. The van der Waals surface area contributed by atoms with Crippen LogP contribution in [0.1, 0.15) is 53.6 Å². The highest BCUT2D eigenvalue weighted by Gasteiger charge is 2.31. The molecule has 1 fully saturated rings. The molecule has 2 N–H and O–H groups in total. The molecule has 32 heavy (non-hydrogen) atoms. The molecule has 1 unspecified atom stereocenters. The van der Waals surface area contributed by atoms with Gasteiger partial charge < -0.3 is 15.5 Å². The van der Waals surface area contributed by atoms with Gasteiger partial charge in [-0.15, -0.1) is 0 Å². The Kier molecular flexibility index (Phi) is 7.08. The summed E-state index contributed by atoms with van der Waals surface area (Å²) in [6.45, 7) is 3.92. The maximum Gasteiger partial charge on any atom is 0.251 e. The van der Waals surface area contributed by atoms with Crippen LogP contribution in [-0.2, 0) is 11.2 Å². The third-order valence-corrected chi connectivity index (χ3v) is 6.68. The molecule has 0 bridgehead atoms. The van der Waals surface area contributed by atoms with E-state index in [1.54, 1.807) is 12.1 Å². The Morgan fingerprint density at radius 2 is 1.94 bits per heavy atom. The van der Waals surface area contributed by atoms with Gasteiger partial charge in [0, 0.05) is 30.9 Å². The van der Waals surface area contributed by atoms with Crippen molar-refractivity contribution >= 4 is 17.5 Å². The lowest BCUT2D eigenvalue weighted by molar-refractivity contribution is -0.124. The molecule has 1 aliphatic heterocycles. The van der Waals surface area contributed by atoms with E-state index in [4.69, 9.17) is 0 Å². The number of anilines is 1. The molecule has 2 amide bonds. The van der Waals surface area contributed by atoms with Crippen molar-refractivity contribution < 1.29 is 14.0 Å². The van der Waals surface area contributed by atoms with Crippen molar-refractivity contribution in [1.29, 1.82) is 0 Å². The van der Waals surface area contributed by atoms with E-state index >= 15 is 0 Å². The van der Waals surface area contributed by atoms with Crippen molar-refractivity contribution in [2.24, 2.45) is 5.92 Å². The van der Waals surface area contributed by atoms with Gasteiger partial charge in [-0.25, -0.2) is 4.39 Å². The molecule has 6 heteroatoms. The molecule has 5 nitrogen and oxygen atoms in total. The fourth-order valence-corrected chi connectivity index (χ4v) is 4.97. The number of nitrogens with zero attached hydrogens (tertiary/aromatic N) is 1. The first-order valence-electron chi connectivity index (χ1n) is 11.7. The Hall–Kier alpha value is -2.89. The normalized spacial score (nSPS) is 17.0. The number of carbonyl (C=O) groups excluding carboxylic acids is 2. The van der Waals surface area contributed by atoms with E-state index in [-0.39, 0.29) is 23.5 Å². The number of carbonyl (C=O) groups is 2. The summed E-state index contributed by atoms with van der Waals surface area (Å²) in [4.78, 5) is 28.2. The summed E-state index contributed by atoms with van der Waals surface area (Å²) >= 11 is 0. The van der Waals surface area contributed by atoms with E-state index in [0.29, 0.717) is 18.7 Å². The Bertz CT molecular complexity index is 971. The lowest BCUT2D eigenvalue weighted by Crippen LogP contribution is -2.52. The Morgan fingerprint density at radius 1 is 1.12 bits per heavy atom. The minimum Gasteiger partial charge on any atom is -0.369 e. The van der Waals surface area contributed by atoms with Gasteiger partial charge in [0.05, 0.1) is 0 Å². The molecule has 1 saturated carbocycles. The Labute approximate surface area is 189 Å². The number of hydrogen-bond donors (Lipinski definition) is 2. The van der Waals surface area contributed by atoms with Gasteiger partial charge in [-0.3, -0.25) is 9.59 Å². The number of aryl methyl sites for hydroxylation is 1. The van der Waals surface area contributed by atoms with Gasteiger partial charge in [-0.05, 0) is 68.0 Å². The largest absolute Gasteiger partial charge is 0.369 e. The zero-order valence-electron chi connectivity index (χ0n) is 18.7. The van der Waals surface area contributed by atoms with Gasteiger partial charge in [-0.1, -0.05) is 37.0 Å². The standard InChI is InChI=1S/C26H32FN3O2/c1-18-6-5-9-21(16-18)25(31)29-24(19-7-3-2-4-8-19)26(32)28-13-15-30-14-12-20-17-22(27)10-11-23(20)30/h5-6,9-11,16-17,19,24H,2-4,7-8,12-15H2,1H3,(H,28,32)(H,29,31). The summed E-state index contributed by atoms with van der Waals surface area (Å²) < 4.78 is 13.5. The second-order valence-corrected chi connectivity index (χ2v) is 9.02. The predicted molar refractivity (Wildman–Crippen MR) is 124 cm³/mol. The highest BCUT2D eigenvalue weighted by molar-refractivity contribution is 5.97. The first-order chi connectivity index (χ1) is 15.5. The van der Waals surface area contributed by atoms with E-state index in [0.717, 1.165) is 55.5 Å². The van der Waals surface area contributed by atoms with Crippen LogP contribution in [0.2, 0.25) is 0 Å². The molecule has 1 aliphatic carbocycles. The molecule has 0 saturated heterocycles. The van der Waals surface area contributed by atoms with Gasteiger partial charge in [-0.2, -0.15) is 0 Å². The van der Waals surface area contributed by atoms with Crippen LogP contribution in [0.25, 0.3) is 0 Å². The van der Waals surface area contributed by atoms with Crippen LogP contribution >= 0.6 is 0 Å². The number of hydrogen-bond acceptors (Lipinski definition) is 3. The average Bonchev–Trinajstić information content (AvgIpc) is 3.19. The van der Waals surface area contributed by atoms with Crippen molar-refractivity contribution in [3.05, 3.63) is 65.0 Å². The molecular weight excluding hydrogens is 405 g/mol. The van der Waals surface area contributed by atoms with Crippen molar-refractivity contribution in [2.75, 3.05) is 24.5 Å². The Balaban J connectivity index is 1.37. The van der Waals surface area contributed by atoms with Crippen LogP contribution in [0.3, 0.4) is 0 Å². The number of fused-ring (bicyclic) bond motifs is 1. The zero-order chi connectivity index (χ0) is 22.5. The number of benzene rings is 2. The van der Waals surface area contributed by atoms with E-state index in [1.165, 1.54) is 12.5 Å². The molecular formula is C26H32FN3O2. The molecule has 2 aromatic rings. The van der Waals surface area contributed by atoms with Crippen molar-refractivity contribution in [3.8, 4) is 0 Å². The first kappa shape index (κ1) is 22.3. The van der Waals surface area contributed by atoms with Gasteiger partial charge >= 0.3 is 0 Å². The number of halogens is 1. The summed E-state index contributed by atoms with van der Waals surface area (Å²) in [6, 6.07) is 11.8. The first-order valence-corrected chi connectivity index (χ1v) is 11.7. The molecule has 1 atom stereocenters. The van der Waals surface area contributed by atoms with Crippen molar-refractivity contribution in [1.82, 2.24) is 10.6 Å². The third kappa shape index (κ3) is 5.29. The molecule has 4 rings (SSSR count). The maximum atomic E-state index is 13.5. The van der Waals surface area contributed by atoms with E-state index in [9.17, 15) is 14.0 Å². The van der Waals surface area contributed by atoms with Gasteiger partial charge in [0.15, 0.2) is 0 Å². The summed E-state index contributed by atoms with van der Waals surface area (Å²) in [6.07, 6.45) is 6.10. The smallest absolute Gasteiger partial charge is 0.251 e. The topological polar surface area (TPSA) is 61.4 Å². The number of rotatable bonds is 7. The molecule has 0 aromatic heterocycles. The van der Waals surface area contributed by atoms with E-state index in [1.807, 2.05) is 31.2 Å². The monoisotopic (exact) mass is 437 g/mol. The maximum absolute atomic E-state index is 13.5. The minimum absolute atomic E-state index is 0.114. The van der Waals surface area contributed by atoms with Crippen LogP contribution in [0, 0.1) is 18.7 Å². The Morgan fingerprint density at radius 3 is 2.72 bits per heavy atom. The van der Waals surface area contributed by atoms with E-state index in [2.05, 4.69) is 15.5 Å². The average molecular weight is 438 g/mol. The molecule has 2 aromatic carbocycles. The lowest BCUT2D eigenvalue weighted by Gasteiger charge is -2.30. The number of amides is 2. The molecule has 170 valence electrons. The third-order valence-electron chi connectivity index (χ3n) is 6.68. The summed E-state index contributed by atoms with van der Waals surface area (Å²) in [7, 11) is 0. The van der Waals surface area contributed by atoms with Crippen molar-refractivity contribution in [2.45, 2.75) is 51.5 Å². The summed E-state index contributed by atoms with van der Waals surface area (Å²) in [5.74, 6) is -0.363. The van der Waals surface area contributed by atoms with Crippen LogP contribution in [0.4, 0.5) is 10.1 Å². The molecule has 0 radical (unpaired) electrons. The SMILES string of the molecule is Cc1cccc(C(=O)NC(C(=O)NCCN2CCc3cc(F)ccc32)C2CCCCC2)c1. The summed E-state index contributed by atoms with van der Waals surface area (Å²) in [5, 5.41) is 6.07. The molecule has 1 heterocycles. The quantitative estimate of drug-likeness (QED) is 0.689. The zero-order valence-corrected chi connectivity index (χ0v) is 18.7. The highest BCUT2D eigenvalue weighted by Crippen LogP contribution is 2.28. The molecule has 0 spiro atoms. The predicted octanol–water partition coefficient (Wildman–Crippen LogP) is 3.99. The van der Waals surface area contributed by atoms with Gasteiger partial charge in [0.2, 0.25) is 5.91 Å². The number of nitrogens with one attached hydrogen (secondary N) is 2. The minimum atomic E-state index is -0.525. The molecule has 2 aliphatic rings.